The first kappa shape index (κ1) is 5.06. The second-order valence-electron chi connectivity index (χ2n) is 1.80. The smallest absolute Gasteiger partial charge is 0.0970 e. The summed E-state index contributed by atoms with van der Waals surface area (Å²) in [5, 5.41) is 3.10. The summed E-state index contributed by atoms with van der Waals surface area (Å²) in [6.07, 6.45) is 1.62. The summed E-state index contributed by atoms with van der Waals surface area (Å²) in [5.74, 6) is 0. The van der Waals surface area contributed by atoms with E-state index in [9.17, 15) is 0 Å². The minimum Gasteiger partial charge on any atom is -0.362 e. The van der Waals surface area contributed by atoms with Crippen molar-refractivity contribution in [3.05, 3.63) is 0 Å². The predicted molar refractivity (Wildman–Crippen MR) is 28.0 cm³/mol. The molecule has 0 bridgehead atoms. The highest BCUT2D eigenvalue weighted by Gasteiger charge is 2.10. The molecule has 0 amide bonds. The van der Waals surface area contributed by atoms with E-state index in [0.29, 0.717) is 6.10 Å². The van der Waals surface area contributed by atoms with Gasteiger partial charge in [-0.05, 0) is 6.42 Å². The van der Waals surface area contributed by atoms with Crippen LogP contribution in [0.4, 0.5) is 0 Å². The fourth-order valence-electron chi connectivity index (χ4n) is 0.718. The van der Waals surface area contributed by atoms with Gasteiger partial charge in [0.2, 0.25) is 0 Å². The summed E-state index contributed by atoms with van der Waals surface area (Å²) in [6.45, 7) is 3.92. The van der Waals surface area contributed by atoms with E-state index in [1.807, 2.05) is 0 Å². The first-order valence-corrected chi connectivity index (χ1v) is 2.76. The van der Waals surface area contributed by atoms with Crippen molar-refractivity contribution in [1.82, 2.24) is 5.32 Å². The van der Waals surface area contributed by atoms with Crippen molar-refractivity contribution in [2.45, 2.75) is 19.4 Å². The van der Waals surface area contributed by atoms with Crippen LogP contribution in [0.15, 0.2) is 0 Å². The lowest BCUT2D eigenvalue weighted by Crippen LogP contribution is -2.11. The van der Waals surface area contributed by atoms with Gasteiger partial charge in [0, 0.05) is 6.54 Å². The molecule has 0 radical (unpaired) electrons. The van der Waals surface area contributed by atoms with Gasteiger partial charge in [-0.1, -0.05) is 6.92 Å². The summed E-state index contributed by atoms with van der Waals surface area (Å²) in [7, 11) is 0. The maximum atomic E-state index is 5.19. The third kappa shape index (κ3) is 1.14. The topological polar surface area (TPSA) is 21.3 Å². The Hall–Kier alpha value is -0.0800. The zero-order valence-corrected chi connectivity index (χ0v) is 4.61. The molecule has 1 N–H and O–H groups in total. The van der Waals surface area contributed by atoms with Crippen LogP contribution in [0.3, 0.4) is 0 Å². The maximum Gasteiger partial charge on any atom is 0.0970 e. The molecule has 7 heavy (non-hydrogen) atoms. The molecule has 1 aliphatic heterocycles. The van der Waals surface area contributed by atoms with E-state index in [-0.39, 0.29) is 0 Å². The molecule has 0 aromatic heterocycles. The first-order valence-electron chi connectivity index (χ1n) is 2.76. The Morgan fingerprint density at radius 1 is 1.86 bits per heavy atom. The van der Waals surface area contributed by atoms with Crippen LogP contribution in [0.2, 0.25) is 0 Å². The summed E-state index contributed by atoms with van der Waals surface area (Å²) < 4.78 is 5.19. The average molecular weight is 101 g/mol. The standard InChI is InChI=1S/C5H11NO/c1-2-5-3-6-4-7-5/h5-6H,2-4H2,1H3. The number of ether oxygens (including phenoxy) is 1. The largest absolute Gasteiger partial charge is 0.362 e. The summed E-state index contributed by atoms with van der Waals surface area (Å²) in [5.41, 5.74) is 0. The zero-order chi connectivity index (χ0) is 5.11. The summed E-state index contributed by atoms with van der Waals surface area (Å²) >= 11 is 0. The Morgan fingerprint density at radius 2 is 2.71 bits per heavy atom. The van der Waals surface area contributed by atoms with E-state index in [2.05, 4.69) is 12.2 Å². The van der Waals surface area contributed by atoms with Crippen LogP contribution in [0.25, 0.3) is 0 Å². The Bertz CT molecular complexity index is 50.0. The fourth-order valence-corrected chi connectivity index (χ4v) is 0.718. The van der Waals surface area contributed by atoms with Crippen LogP contribution in [0.5, 0.6) is 0 Å². The second-order valence-corrected chi connectivity index (χ2v) is 1.80. The van der Waals surface area contributed by atoms with E-state index >= 15 is 0 Å². The summed E-state index contributed by atoms with van der Waals surface area (Å²) in [6, 6.07) is 0. The normalized spacial score (nSPS) is 31.3. The lowest BCUT2D eigenvalue weighted by molar-refractivity contribution is 0.111. The fraction of sp³-hybridized carbons (Fsp3) is 1.00. The molecule has 1 aliphatic rings. The molecule has 1 unspecified atom stereocenters. The highest BCUT2D eigenvalue weighted by molar-refractivity contribution is 4.62. The molecular weight excluding hydrogens is 90.1 g/mol. The van der Waals surface area contributed by atoms with Gasteiger partial charge < -0.3 is 4.74 Å². The lowest BCUT2D eigenvalue weighted by atomic mass is 10.3. The molecule has 0 spiro atoms. The van der Waals surface area contributed by atoms with Crippen LogP contribution >= 0.6 is 0 Å². The van der Waals surface area contributed by atoms with Crippen molar-refractivity contribution in [3.63, 3.8) is 0 Å². The highest BCUT2D eigenvalue weighted by Crippen LogP contribution is 1.99. The average Bonchev–Trinajstić information content (AvgIpc) is 2.14. The Kier molecular flexibility index (Phi) is 1.65. The van der Waals surface area contributed by atoms with E-state index in [1.165, 1.54) is 0 Å². The van der Waals surface area contributed by atoms with Crippen LogP contribution in [0, 0.1) is 0 Å². The summed E-state index contributed by atoms with van der Waals surface area (Å²) in [4.78, 5) is 0. The molecule has 0 saturated carbocycles. The highest BCUT2D eigenvalue weighted by atomic mass is 16.5. The monoisotopic (exact) mass is 101 g/mol. The van der Waals surface area contributed by atoms with E-state index in [4.69, 9.17) is 4.74 Å². The third-order valence-electron chi connectivity index (χ3n) is 1.25. The van der Waals surface area contributed by atoms with Crippen LogP contribution < -0.4 is 5.32 Å². The molecule has 0 aromatic rings. The van der Waals surface area contributed by atoms with Gasteiger partial charge in [-0.15, -0.1) is 0 Å². The van der Waals surface area contributed by atoms with Gasteiger partial charge in [-0.2, -0.15) is 0 Å². The molecule has 42 valence electrons. The molecule has 2 heteroatoms. The second kappa shape index (κ2) is 2.28. The molecule has 1 rings (SSSR count). The van der Waals surface area contributed by atoms with Crippen LogP contribution in [-0.2, 0) is 4.74 Å². The Labute approximate surface area is 43.9 Å². The van der Waals surface area contributed by atoms with Gasteiger partial charge in [0.1, 0.15) is 0 Å². The van der Waals surface area contributed by atoms with Gasteiger partial charge in [0.05, 0.1) is 12.8 Å². The number of nitrogens with one attached hydrogen (secondary N) is 1. The van der Waals surface area contributed by atoms with Crippen molar-refractivity contribution in [1.29, 1.82) is 0 Å². The van der Waals surface area contributed by atoms with E-state index in [0.717, 1.165) is 19.7 Å². The Morgan fingerprint density at radius 3 is 3.00 bits per heavy atom. The van der Waals surface area contributed by atoms with Crippen molar-refractivity contribution in [2.75, 3.05) is 13.3 Å². The van der Waals surface area contributed by atoms with E-state index < -0.39 is 0 Å². The van der Waals surface area contributed by atoms with Crippen molar-refractivity contribution >= 4 is 0 Å². The van der Waals surface area contributed by atoms with Gasteiger partial charge in [-0.25, -0.2) is 0 Å². The molecule has 0 aliphatic carbocycles. The quantitative estimate of drug-likeness (QED) is 0.514. The van der Waals surface area contributed by atoms with Crippen molar-refractivity contribution < 1.29 is 4.74 Å². The molecular formula is C5H11NO. The molecule has 1 fully saturated rings. The third-order valence-corrected chi connectivity index (χ3v) is 1.25. The van der Waals surface area contributed by atoms with Crippen LogP contribution in [0.1, 0.15) is 13.3 Å². The van der Waals surface area contributed by atoms with Crippen molar-refractivity contribution in [3.8, 4) is 0 Å². The van der Waals surface area contributed by atoms with Gasteiger partial charge in [0.15, 0.2) is 0 Å². The number of hydrogen-bond donors (Lipinski definition) is 1. The molecule has 1 heterocycles. The lowest BCUT2D eigenvalue weighted by Gasteiger charge is -1.99. The van der Waals surface area contributed by atoms with Crippen LogP contribution in [-0.4, -0.2) is 19.4 Å². The minimum absolute atomic E-state index is 0.486. The SMILES string of the molecule is CCC1CNCO1. The van der Waals surface area contributed by atoms with Crippen molar-refractivity contribution in [2.24, 2.45) is 0 Å². The maximum absolute atomic E-state index is 5.19. The molecule has 0 aromatic carbocycles. The molecule has 1 atom stereocenters. The number of rotatable bonds is 1. The van der Waals surface area contributed by atoms with Gasteiger partial charge >= 0.3 is 0 Å². The molecule has 2 nitrogen and oxygen atoms in total. The zero-order valence-electron chi connectivity index (χ0n) is 4.61. The number of hydrogen-bond acceptors (Lipinski definition) is 2. The molecule has 1 saturated heterocycles. The first-order chi connectivity index (χ1) is 3.43. The van der Waals surface area contributed by atoms with Gasteiger partial charge in [0.25, 0.3) is 0 Å². The van der Waals surface area contributed by atoms with Gasteiger partial charge in [-0.3, -0.25) is 5.32 Å². The van der Waals surface area contributed by atoms with E-state index in [1.54, 1.807) is 0 Å². The minimum atomic E-state index is 0.486. The predicted octanol–water partition coefficient (Wildman–Crippen LogP) is 0.342. The Balaban J connectivity index is 2.14.